The Bertz CT molecular complexity index is 835. The zero-order chi connectivity index (χ0) is 16.7. The maximum absolute atomic E-state index is 12.5. The number of aromatic nitrogens is 1. The van der Waals surface area contributed by atoms with E-state index in [0.717, 1.165) is 18.7 Å². The summed E-state index contributed by atoms with van der Waals surface area (Å²) in [6.45, 7) is 0. The molecule has 4 rings (SSSR count). The van der Waals surface area contributed by atoms with Crippen LogP contribution in [0.2, 0.25) is 0 Å². The van der Waals surface area contributed by atoms with E-state index in [1.165, 1.54) is 0 Å². The number of benzene rings is 1. The Labute approximate surface area is 138 Å². The van der Waals surface area contributed by atoms with E-state index in [4.69, 9.17) is 4.42 Å². The molecule has 6 nitrogen and oxygen atoms in total. The first-order valence-electron chi connectivity index (χ1n) is 8.21. The summed E-state index contributed by atoms with van der Waals surface area (Å²) < 4.78 is 5.71. The second-order valence-electron chi connectivity index (χ2n) is 6.49. The standard InChI is InChI=1S/C18H18N2O4/c21-16(12-3-1-2-4-13(12)18(22)23)19-11-7-8-15-14(9-11)20-17(24-15)10-5-6-10/h1-2,7-10,12-13H,3-6H2,(H,19,21)(H,22,23). The number of amides is 1. The Morgan fingerprint density at radius 2 is 1.92 bits per heavy atom. The van der Waals surface area contributed by atoms with E-state index in [1.54, 1.807) is 18.2 Å². The van der Waals surface area contributed by atoms with Crippen molar-refractivity contribution in [3.8, 4) is 0 Å². The van der Waals surface area contributed by atoms with Crippen LogP contribution in [0.4, 0.5) is 5.69 Å². The van der Waals surface area contributed by atoms with Crippen LogP contribution in [0.15, 0.2) is 34.8 Å². The summed E-state index contributed by atoms with van der Waals surface area (Å²) in [6.07, 6.45) is 6.75. The molecule has 1 fully saturated rings. The lowest BCUT2D eigenvalue weighted by molar-refractivity contribution is -0.146. The quantitative estimate of drug-likeness (QED) is 0.841. The van der Waals surface area contributed by atoms with Gasteiger partial charge in [-0.15, -0.1) is 0 Å². The van der Waals surface area contributed by atoms with E-state index in [0.29, 0.717) is 35.5 Å². The van der Waals surface area contributed by atoms with Crippen LogP contribution < -0.4 is 5.32 Å². The van der Waals surface area contributed by atoms with Crippen LogP contribution in [-0.4, -0.2) is 22.0 Å². The van der Waals surface area contributed by atoms with Gasteiger partial charge in [0.25, 0.3) is 0 Å². The predicted octanol–water partition coefficient (Wildman–Crippen LogP) is 3.31. The Morgan fingerprint density at radius 1 is 1.17 bits per heavy atom. The van der Waals surface area contributed by atoms with Crippen molar-refractivity contribution in [3.63, 3.8) is 0 Å². The number of anilines is 1. The summed E-state index contributed by atoms with van der Waals surface area (Å²) in [5, 5.41) is 12.1. The number of oxazole rings is 1. The van der Waals surface area contributed by atoms with Crippen molar-refractivity contribution in [2.24, 2.45) is 11.8 Å². The number of aliphatic carboxylic acids is 1. The number of hydrogen-bond donors (Lipinski definition) is 2. The van der Waals surface area contributed by atoms with Crippen molar-refractivity contribution in [1.82, 2.24) is 4.98 Å². The van der Waals surface area contributed by atoms with Crippen LogP contribution in [0.25, 0.3) is 11.1 Å². The molecule has 1 aromatic heterocycles. The Balaban J connectivity index is 1.53. The van der Waals surface area contributed by atoms with Crippen molar-refractivity contribution in [3.05, 3.63) is 36.2 Å². The molecular formula is C18H18N2O4. The maximum atomic E-state index is 12.5. The molecular weight excluding hydrogens is 308 g/mol. The molecule has 1 amide bonds. The average Bonchev–Trinajstić information content (AvgIpc) is 3.34. The minimum absolute atomic E-state index is 0.267. The molecule has 2 aliphatic rings. The first-order valence-corrected chi connectivity index (χ1v) is 8.21. The van der Waals surface area contributed by atoms with E-state index in [9.17, 15) is 14.7 Å². The van der Waals surface area contributed by atoms with Crippen molar-refractivity contribution in [2.45, 2.75) is 31.6 Å². The van der Waals surface area contributed by atoms with Gasteiger partial charge in [0.05, 0.1) is 11.8 Å². The topological polar surface area (TPSA) is 92.4 Å². The fraction of sp³-hybridized carbons (Fsp3) is 0.389. The molecule has 0 radical (unpaired) electrons. The van der Waals surface area contributed by atoms with E-state index in [1.807, 2.05) is 12.2 Å². The van der Waals surface area contributed by atoms with Gasteiger partial charge in [0.2, 0.25) is 5.91 Å². The average molecular weight is 326 g/mol. The van der Waals surface area contributed by atoms with Crippen LogP contribution in [0, 0.1) is 11.8 Å². The van der Waals surface area contributed by atoms with Crippen molar-refractivity contribution >= 4 is 28.7 Å². The SMILES string of the molecule is O=C(O)C1CC=CCC1C(=O)Nc1ccc2oc(C3CC3)nc2c1. The lowest BCUT2D eigenvalue weighted by Crippen LogP contribution is -2.34. The summed E-state index contributed by atoms with van der Waals surface area (Å²) in [7, 11) is 0. The number of allylic oxidation sites excluding steroid dienone is 2. The largest absolute Gasteiger partial charge is 0.481 e. The molecule has 0 spiro atoms. The van der Waals surface area contributed by atoms with E-state index >= 15 is 0 Å². The molecule has 2 unspecified atom stereocenters. The molecule has 6 heteroatoms. The minimum Gasteiger partial charge on any atom is -0.481 e. The highest BCUT2D eigenvalue weighted by atomic mass is 16.4. The Hall–Kier alpha value is -2.63. The van der Waals surface area contributed by atoms with Crippen molar-refractivity contribution in [2.75, 3.05) is 5.32 Å². The summed E-state index contributed by atoms with van der Waals surface area (Å²) in [6, 6.07) is 5.33. The third kappa shape index (κ3) is 2.79. The first kappa shape index (κ1) is 14.9. The van der Waals surface area contributed by atoms with Crippen molar-refractivity contribution < 1.29 is 19.1 Å². The highest BCUT2D eigenvalue weighted by molar-refractivity contribution is 5.96. The molecule has 2 aliphatic carbocycles. The smallest absolute Gasteiger partial charge is 0.307 e. The number of carboxylic acid groups (broad SMARTS) is 1. The van der Waals surface area contributed by atoms with Gasteiger partial charge in [0, 0.05) is 11.6 Å². The van der Waals surface area contributed by atoms with Crippen LogP contribution in [0.5, 0.6) is 0 Å². The number of carbonyl (C=O) groups is 2. The molecule has 1 saturated carbocycles. The van der Waals surface area contributed by atoms with Gasteiger partial charge in [0.1, 0.15) is 5.52 Å². The van der Waals surface area contributed by atoms with Gasteiger partial charge >= 0.3 is 5.97 Å². The lowest BCUT2D eigenvalue weighted by Gasteiger charge is -2.24. The maximum Gasteiger partial charge on any atom is 0.307 e. The molecule has 24 heavy (non-hydrogen) atoms. The fourth-order valence-corrected chi connectivity index (χ4v) is 3.14. The van der Waals surface area contributed by atoms with E-state index < -0.39 is 17.8 Å². The molecule has 2 atom stereocenters. The second kappa shape index (κ2) is 5.78. The van der Waals surface area contributed by atoms with Crippen LogP contribution >= 0.6 is 0 Å². The molecule has 124 valence electrons. The van der Waals surface area contributed by atoms with Gasteiger partial charge in [0.15, 0.2) is 11.5 Å². The molecule has 2 N–H and O–H groups in total. The van der Waals surface area contributed by atoms with Gasteiger partial charge in [-0.25, -0.2) is 4.98 Å². The zero-order valence-electron chi connectivity index (χ0n) is 13.1. The van der Waals surface area contributed by atoms with Gasteiger partial charge in [-0.05, 0) is 43.9 Å². The Morgan fingerprint density at radius 3 is 2.62 bits per heavy atom. The lowest BCUT2D eigenvalue weighted by atomic mass is 9.82. The number of nitrogens with zero attached hydrogens (tertiary/aromatic N) is 1. The highest BCUT2D eigenvalue weighted by Crippen LogP contribution is 2.40. The monoisotopic (exact) mass is 326 g/mol. The highest BCUT2D eigenvalue weighted by Gasteiger charge is 2.34. The first-order chi connectivity index (χ1) is 11.6. The Kier molecular flexibility index (Phi) is 3.59. The molecule has 0 aliphatic heterocycles. The summed E-state index contributed by atoms with van der Waals surface area (Å²) in [4.78, 5) is 28.3. The number of rotatable bonds is 4. The minimum atomic E-state index is -0.930. The van der Waals surface area contributed by atoms with Gasteiger partial charge in [-0.2, -0.15) is 0 Å². The fourth-order valence-electron chi connectivity index (χ4n) is 3.14. The number of hydrogen-bond acceptors (Lipinski definition) is 4. The van der Waals surface area contributed by atoms with Crippen molar-refractivity contribution in [1.29, 1.82) is 0 Å². The third-order valence-corrected chi connectivity index (χ3v) is 4.68. The van der Waals surface area contributed by atoms with Crippen LogP contribution in [0.3, 0.4) is 0 Å². The third-order valence-electron chi connectivity index (χ3n) is 4.68. The van der Waals surface area contributed by atoms with Crippen LogP contribution in [0.1, 0.15) is 37.5 Å². The molecule has 0 bridgehead atoms. The zero-order valence-corrected chi connectivity index (χ0v) is 13.1. The molecule has 2 aromatic rings. The van der Waals surface area contributed by atoms with E-state index in [-0.39, 0.29) is 5.91 Å². The number of fused-ring (bicyclic) bond motifs is 1. The van der Waals surface area contributed by atoms with Crippen LogP contribution in [-0.2, 0) is 9.59 Å². The van der Waals surface area contributed by atoms with Gasteiger partial charge in [-0.1, -0.05) is 12.2 Å². The molecule has 0 saturated heterocycles. The normalized spacial score (nSPS) is 23.3. The predicted molar refractivity (Wildman–Crippen MR) is 87.6 cm³/mol. The number of carboxylic acids is 1. The van der Waals surface area contributed by atoms with E-state index in [2.05, 4.69) is 10.3 Å². The second-order valence-corrected chi connectivity index (χ2v) is 6.49. The number of nitrogens with one attached hydrogen (secondary N) is 1. The van der Waals surface area contributed by atoms with Gasteiger partial charge in [-0.3, -0.25) is 9.59 Å². The van der Waals surface area contributed by atoms with Gasteiger partial charge < -0.3 is 14.8 Å². The number of carbonyl (C=O) groups excluding carboxylic acids is 1. The molecule has 1 aromatic carbocycles. The molecule has 1 heterocycles. The summed E-state index contributed by atoms with van der Waals surface area (Å²) in [5.74, 6) is -1.23. The summed E-state index contributed by atoms with van der Waals surface area (Å²) >= 11 is 0. The summed E-state index contributed by atoms with van der Waals surface area (Å²) in [5.41, 5.74) is 2.04.